The lowest BCUT2D eigenvalue weighted by Crippen LogP contribution is -2.35. The zero-order valence-corrected chi connectivity index (χ0v) is 16.5. The van der Waals surface area contributed by atoms with Gasteiger partial charge in [-0.05, 0) is 22.4 Å². The van der Waals surface area contributed by atoms with Crippen LogP contribution in [0.25, 0.3) is 0 Å². The molecule has 162 valence electrons. The first-order chi connectivity index (χ1) is 14.4. The van der Waals surface area contributed by atoms with E-state index >= 15 is 0 Å². The van der Waals surface area contributed by atoms with Gasteiger partial charge in [-0.2, -0.15) is 0 Å². The second-order valence-corrected chi connectivity index (χ2v) is 7.40. The second kappa shape index (κ2) is 10.2. The van der Waals surface area contributed by atoms with E-state index in [4.69, 9.17) is 0 Å². The van der Waals surface area contributed by atoms with Gasteiger partial charge in [-0.1, -0.05) is 42.5 Å². The number of aromatic nitrogens is 4. The summed E-state index contributed by atoms with van der Waals surface area (Å²) in [7, 11) is 0. The van der Waals surface area contributed by atoms with Gasteiger partial charge in [-0.25, -0.2) is 18.7 Å². The lowest BCUT2D eigenvalue weighted by atomic mass is 10.1. The normalized spacial score (nSPS) is 18.2. The van der Waals surface area contributed by atoms with Crippen molar-refractivity contribution < 1.29 is 18.7 Å². The number of carbonyl (C=O) groups is 1. The molecule has 30 heavy (non-hydrogen) atoms. The molecule has 0 radical (unpaired) electrons. The molecule has 10 heteroatoms. The topological polar surface area (TPSA) is 107 Å². The Morgan fingerprint density at radius 2 is 2.10 bits per heavy atom. The third-order valence-electron chi connectivity index (χ3n) is 5.03. The van der Waals surface area contributed by atoms with Crippen molar-refractivity contribution in [1.82, 2.24) is 30.8 Å². The minimum absolute atomic E-state index is 0.0644. The van der Waals surface area contributed by atoms with Crippen molar-refractivity contribution in [2.45, 2.75) is 50.2 Å². The number of urea groups is 1. The molecule has 0 spiro atoms. The Labute approximate surface area is 173 Å². The van der Waals surface area contributed by atoms with E-state index in [1.807, 2.05) is 30.3 Å². The monoisotopic (exact) mass is 420 g/mol. The average molecular weight is 420 g/mol. The fourth-order valence-corrected chi connectivity index (χ4v) is 3.39. The highest BCUT2D eigenvalue weighted by atomic mass is 19.3. The SMILES string of the molecule is O=C1NC[C@H](C=CC(O)Cc2ccccc2)N1CCCC(F)(F)CCc1nnn[nH]1. The zero-order chi connectivity index (χ0) is 21.4. The first-order valence-corrected chi connectivity index (χ1v) is 9.98. The first-order valence-electron chi connectivity index (χ1n) is 9.98. The van der Waals surface area contributed by atoms with Crippen LogP contribution in [-0.4, -0.2) is 67.8 Å². The zero-order valence-electron chi connectivity index (χ0n) is 16.5. The van der Waals surface area contributed by atoms with Crippen LogP contribution >= 0.6 is 0 Å². The number of benzene rings is 1. The number of nitrogens with zero attached hydrogens (tertiary/aromatic N) is 4. The lowest BCUT2D eigenvalue weighted by Gasteiger charge is -2.22. The fourth-order valence-electron chi connectivity index (χ4n) is 3.39. The Morgan fingerprint density at radius 1 is 1.30 bits per heavy atom. The molecule has 1 aromatic carbocycles. The second-order valence-electron chi connectivity index (χ2n) is 7.40. The van der Waals surface area contributed by atoms with Gasteiger partial charge in [0, 0.05) is 38.8 Å². The largest absolute Gasteiger partial charge is 0.389 e. The number of H-pyrrole nitrogens is 1. The van der Waals surface area contributed by atoms with Gasteiger partial charge in [0.15, 0.2) is 0 Å². The van der Waals surface area contributed by atoms with E-state index in [1.165, 1.54) is 4.90 Å². The maximum absolute atomic E-state index is 14.1. The molecular weight excluding hydrogens is 394 g/mol. The molecule has 3 N–H and O–H groups in total. The molecule has 1 aliphatic rings. The van der Waals surface area contributed by atoms with Crippen molar-refractivity contribution in [2.24, 2.45) is 0 Å². The van der Waals surface area contributed by atoms with Crippen LogP contribution in [0.15, 0.2) is 42.5 Å². The molecule has 8 nitrogen and oxygen atoms in total. The molecule has 3 rings (SSSR count). The smallest absolute Gasteiger partial charge is 0.318 e. The minimum Gasteiger partial charge on any atom is -0.389 e. The van der Waals surface area contributed by atoms with Gasteiger partial charge in [0.05, 0.1) is 12.1 Å². The number of nitrogens with one attached hydrogen (secondary N) is 2. The van der Waals surface area contributed by atoms with Crippen molar-refractivity contribution >= 4 is 6.03 Å². The summed E-state index contributed by atoms with van der Waals surface area (Å²) in [6.07, 6.45) is 2.77. The Balaban J connectivity index is 1.45. The number of rotatable bonds is 11. The molecule has 1 aromatic heterocycles. The van der Waals surface area contributed by atoms with Crippen molar-refractivity contribution in [1.29, 1.82) is 0 Å². The fraction of sp³-hybridized carbons (Fsp3) is 0.500. The summed E-state index contributed by atoms with van der Waals surface area (Å²) < 4.78 is 28.2. The highest BCUT2D eigenvalue weighted by molar-refractivity contribution is 5.77. The number of amides is 2. The summed E-state index contributed by atoms with van der Waals surface area (Å²) in [5, 5.41) is 25.7. The van der Waals surface area contributed by atoms with E-state index < -0.39 is 12.0 Å². The predicted molar refractivity (Wildman–Crippen MR) is 106 cm³/mol. The molecule has 2 heterocycles. The van der Waals surface area contributed by atoms with E-state index in [2.05, 4.69) is 25.9 Å². The molecule has 1 aliphatic heterocycles. The van der Waals surface area contributed by atoms with Gasteiger partial charge in [0.25, 0.3) is 0 Å². The Bertz CT molecular complexity index is 816. The Kier molecular flexibility index (Phi) is 7.45. The number of halogens is 2. The maximum atomic E-state index is 14.1. The van der Waals surface area contributed by atoms with Gasteiger partial charge in [-0.15, -0.1) is 5.10 Å². The maximum Gasteiger partial charge on any atom is 0.318 e. The van der Waals surface area contributed by atoms with E-state index in [9.17, 15) is 18.7 Å². The summed E-state index contributed by atoms with van der Waals surface area (Å²) >= 11 is 0. The number of aliphatic hydroxyl groups is 1. The lowest BCUT2D eigenvalue weighted by molar-refractivity contribution is -0.0193. The third-order valence-corrected chi connectivity index (χ3v) is 5.03. The number of hydrogen-bond donors (Lipinski definition) is 3. The van der Waals surface area contributed by atoms with Crippen LogP contribution in [0, 0.1) is 0 Å². The number of alkyl halides is 2. The van der Waals surface area contributed by atoms with Crippen molar-refractivity contribution in [3.05, 3.63) is 53.9 Å². The minimum atomic E-state index is -2.86. The predicted octanol–water partition coefficient (Wildman–Crippen LogP) is 2.10. The van der Waals surface area contributed by atoms with Gasteiger partial charge in [-0.3, -0.25) is 0 Å². The standard InChI is InChI=1S/C20H26F2N6O2/c21-20(22,11-9-18-24-26-27-25-18)10-4-12-28-16(14-23-19(28)30)7-8-17(29)13-15-5-2-1-3-6-15/h1-3,5-8,16-17,29H,4,9-14H2,(H,23,30)(H,24,25,26,27)/t16-,17?/m0/s1. The van der Waals surface area contributed by atoms with Crippen LogP contribution in [0.5, 0.6) is 0 Å². The van der Waals surface area contributed by atoms with Crippen molar-refractivity contribution in [3.8, 4) is 0 Å². The van der Waals surface area contributed by atoms with Crippen LogP contribution in [0.3, 0.4) is 0 Å². The van der Waals surface area contributed by atoms with Gasteiger partial charge < -0.3 is 15.3 Å². The van der Waals surface area contributed by atoms with Crippen molar-refractivity contribution in [3.63, 3.8) is 0 Å². The number of aliphatic hydroxyl groups excluding tert-OH is 1. The molecule has 2 amide bonds. The highest BCUT2D eigenvalue weighted by Gasteiger charge is 2.32. The van der Waals surface area contributed by atoms with Crippen LogP contribution in [0.2, 0.25) is 0 Å². The summed E-state index contributed by atoms with van der Waals surface area (Å²) in [6, 6.07) is 9.05. The number of aromatic amines is 1. The number of aryl methyl sites for hydroxylation is 1. The van der Waals surface area contributed by atoms with E-state index in [1.54, 1.807) is 12.2 Å². The first kappa shape index (κ1) is 21.8. The van der Waals surface area contributed by atoms with E-state index in [0.29, 0.717) is 18.8 Å². The average Bonchev–Trinajstić information content (AvgIpc) is 3.36. The van der Waals surface area contributed by atoms with Gasteiger partial charge >= 0.3 is 6.03 Å². The molecule has 2 aromatic rings. The summed E-state index contributed by atoms with van der Waals surface area (Å²) in [4.78, 5) is 13.6. The summed E-state index contributed by atoms with van der Waals surface area (Å²) in [5.74, 6) is -2.53. The number of tetrazole rings is 1. The molecule has 1 fully saturated rings. The molecule has 2 atom stereocenters. The molecular formula is C20H26F2N6O2. The molecule has 1 saturated heterocycles. The molecule has 0 saturated carbocycles. The van der Waals surface area contributed by atoms with Crippen LogP contribution < -0.4 is 5.32 Å². The van der Waals surface area contributed by atoms with Crippen LogP contribution in [0.1, 0.15) is 30.7 Å². The molecule has 1 unspecified atom stereocenters. The molecule has 0 bridgehead atoms. The van der Waals surface area contributed by atoms with E-state index in [0.717, 1.165) is 5.56 Å². The highest BCUT2D eigenvalue weighted by Crippen LogP contribution is 2.26. The van der Waals surface area contributed by atoms with Crippen molar-refractivity contribution in [2.75, 3.05) is 13.1 Å². The molecule has 0 aliphatic carbocycles. The van der Waals surface area contributed by atoms with Gasteiger partial charge in [0.2, 0.25) is 5.92 Å². The Hall–Kier alpha value is -2.88. The summed E-state index contributed by atoms with van der Waals surface area (Å²) in [6.45, 7) is 0.608. The summed E-state index contributed by atoms with van der Waals surface area (Å²) in [5.41, 5.74) is 1.01. The van der Waals surface area contributed by atoms with Crippen LogP contribution in [0.4, 0.5) is 13.6 Å². The number of hydrogen-bond acceptors (Lipinski definition) is 5. The quantitative estimate of drug-likeness (QED) is 0.483. The Morgan fingerprint density at radius 3 is 2.83 bits per heavy atom. The number of carbonyl (C=O) groups excluding carboxylic acids is 1. The van der Waals surface area contributed by atoms with Gasteiger partial charge in [0.1, 0.15) is 5.82 Å². The van der Waals surface area contributed by atoms with E-state index in [-0.39, 0.29) is 44.3 Å². The van der Waals surface area contributed by atoms with Crippen LogP contribution in [-0.2, 0) is 12.8 Å². The third kappa shape index (κ3) is 6.58.